The number of nitrogens with one attached hydrogen (secondary N) is 2. The van der Waals surface area contributed by atoms with Gasteiger partial charge in [-0.25, -0.2) is 4.79 Å². The molecule has 3 rings (SSSR count). The van der Waals surface area contributed by atoms with Crippen molar-refractivity contribution in [2.75, 3.05) is 25.0 Å². The first-order valence-corrected chi connectivity index (χ1v) is 8.54. The number of hydrogen-bond donors (Lipinski definition) is 2. The number of hydrogen-bond acceptors (Lipinski definition) is 3. The Morgan fingerprint density at radius 3 is 2.72 bits per heavy atom. The number of likely N-dealkylation sites (tertiary alicyclic amines) is 1. The number of carbonyl (C=O) groups is 2. The summed E-state index contributed by atoms with van der Waals surface area (Å²) in [7, 11) is 1.87. The van der Waals surface area contributed by atoms with E-state index in [1.54, 1.807) is 35.1 Å². The normalized spacial score (nSPS) is 13.7. The van der Waals surface area contributed by atoms with Crippen molar-refractivity contribution in [2.24, 2.45) is 7.05 Å². The Morgan fingerprint density at radius 1 is 1.20 bits per heavy atom. The summed E-state index contributed by atoms with van der Waals surface area (Å²) in [5.74, 6) is 0.0257. The fourth-order valence-corrected chi connectivity index (χ4v) is 2.96. The number of rotatable bonds is 5. The van der Waals surface area contributed by atoms with Gasteiger partial charge in [-0.2, -0.15) is 5.10 Å². The molecule has 0 bridgehead atoms. The van der Waals surface area contributed by atoms with E-state index >= 15 is 0 Å². The molecule has 3 amide bonds. The van der Waals surface area contributed by atoms with Crippen molar-refractivity contribution in [3.8, 4) is 0 Å². The largest absolute Gasteiger partial charge is 0.339 e. The van der Waals surface area contributed by atoms with Crippen LogP contribution in [0.5, 0.6) is 0 Å². The van der Waals surface area contributed by atoms with Crippen molar-refractivity contribution < 1.29 is 9.59 Å². The number of benzene rings is 1. The first kappa shape index (κ1) is 17.0. The average molecular weight is 341 g/mol. The topological polar surface area (TPSA) is 79.3 Å². The summed E-state index contributed by atoms with van der Waals surface area (Å²) in [5, 5.41) is 9.69. The zero-order valence-corrected chi connectivity index (χ0v) is 14.4. The summed E-state index contributed by atoms with van der Waals surface area (Å²) in [6.07, 6.45) is 4.56. The summed E-state index contributed by atoms with van der Waals surface area (Å²) < 4.78 is 1.78. The Hall–Kier alpha value is -2.83. The van der Waals surface area contributed by atoms with Gasteiger partial charge in [-0.3, -0.25) is 9.48 Å². The minimum absolute atomic E-state index is 0.0257. The van der Waals surface area contributed by atoms with Crippen molar-refractivity contribution in [1.82, 2.24) is 20.0 Å². The zero-order chi connectivity index (χ0) is 17.6. The number of aryl methyl sites for hydroxylation is 1. The van der Waals surface area contributed by atoms with Gasteiger partial charge in [0, 0.05) is 56.2 Å². The van der Waals surface area contributed by atoms with Gasteiger partial charge in [0.15, 0.2) is 0 Å². The highest BCUT2D eigenvalue weighted by Crippen LogP contribution is 2.16. The number of urea groups is 1. The van der Waals surface area contributed by atoms with Gasteiger partial charge in [0.1, 0.15) is 0 Å². The molecule has 132 valence electrons. The third kappa shape index (κ3) is 4.37. The molecule has 0 atom stereocenters. The molecule has 25 heavy (non-hydrogen) atoms. The lowest BCUT2D eigenvalue weighted by Gasteiger charge is -2.16. The summed E-state index contributed by atoms with van der Waals surface area (Å²) in [6.45, 7) is 2.13. The van der Waals surface area contributed by atoms with Gasteiger partial charge < -0.3 is 15.5 Å². The third-order valence-corrected chi connectivity index (χ3v) is 4.35. The van der Waals surface area contributed by atoms with Gasteiger partial charge in [0.2, 0.25) is 0 Å². The smallest absolute Gasteiger partial charge is 0.319 e. The monoisotopic (exact) mass is 341 g/mol. The lowest BCUT2D eigenvalue weighted by molar-refractivity contribution is 0.0793. The zero-order valence-electron chi connectivity index (χ0n) is 14.4. The standard InChI is InChI=1S/C18H23N5O2/c1-22-16(8-10-20-22)7-9-19-18(25)21-15-6-4-5-14(13-15)17(24)23-11-2-3-12-23/h4-6,8,10,13H,2-3,7,9,11-12H2,1H3,(H2,19,21,25). The van der Waals surface area contributed by atoms with Crippen LogP contribution in [0.3, 0.4) is 0 Å². The van der Waals surface area contributed by atoms with Crippen LogP contribution in [0.2, 0.25) is 0 Å². The minimum atomic E-state index is -0.284. The molecule has 2 aromatic rings. The highest BCUT2D eigenvalue weighted by Gasteiger charge is 2.19. The Bertz CT molecular complexity index is 749. The first-order valence-electron chi connectivity index (χ1n) is 8.54. The third-order valence-electron chi connectivity index (χ3n) is 4.35. The molecule has 0 aliphatic carbocycles. The molecule has 1 aliphatic rings. The molecule has 2 heterocycles. The second-order valence-corrected chi connectivity index (χ2v) is 6.16. The number of aromatic nitrogens is 2. The molecule has 0 unspecified atom stereocenters. The Kier molecular flexibility index (Phi) is 5.33. The quantitative estimate of drug-likeness (QED) is 0.873. The van der Waals surface area contributed by atoms with E-state index < -0.39 is 0 Å². The SMILES string of the molecule is Cn1nccc1CCNC(=O)Nc1cccc(C(=O)N2CCCC2)c1. The van der Waals surface area contributed by atoms with Crippen molar-refractivity contribution in [3.05, 3.63) is 47.8 Å². The Morgan fingerprint density at radius 2 is 2.00 bits per heavy atom. The predicted molar refractivity (Wildman–Crippen MR) is 95.5 cm³/mol. The van der Waals surface area contributed by atoms with Crippen molar-refractivity contribution in [3.63, 3.8) is 0 Å². The number of amides is 3. The molecule has 2 N–H and O–H groups in total. The van der Waals surface area contributed by atoms with E-state index in [1.165, 1.54) is 0 Å². The van der Waals surface area contributed by atoms with Gasteiger partial charge in [-0.05, 0) is 37.1 Å². The fourth-order valence-electron chi connectivity index (χ4n) is 2.96. The molecule has 1 fully saturated rings. The Labute approximate surface area is 147 Å². The van der Waals surface area contributed by atoms with Crippen LogP contribution in [0.4, 0.5) is 10.5 Å². The van der Waals surface area contributed by atoms with Gasteiger partial charge in [0.25, 0.3) is 5.91 Å². The number of anilines is 1. The summed E-state index contributed by atoms with van der Waals surface area (Å²) in [4.78, 5) is 26.3. The second kappa shape index (κ2) is 7.83. The van der Waals surface area contributed by atoms with Crippen LogP contribution in [0.1, 0.15) is 28.9 Å². The number of carbonyl (C=O) groups excluding carboxylic acids is 2. The van der Waals surface area contributed by atoms with Gasteiger partial charge in [-0.15, -0.1) is 0 Å². The van der Waals surface area contributed by atoms with E-state index in [4.69, 9.17) is 0 Å². The maximum atomic E-state index is 12.4. The summed E-state index contributed by atoms with van der Waals surface area (Å²) in [6, 6.07) is 8.71. The van der Waals surface area contributed by atoms with Crippen LogP contribution in [0.25, 0.3) is 0 Å². The molecule has 7 heteroatoms. The van der Waals surface area contributed by atoms with E-state index in [2.05, 4.69) is 15.7 Å². The average Bonchev–Trinajstić information content (AvgIpc) is 3.27. The molecular formula is C18H23N5O2. The molecule has 0 radical (unpaired) electrons. The Balaban J connectivity index is 1.51. The lowest BCUT2D eigenvalue weighted by atomic mass is 10.2. The first-order chi connectivity index (χ1) is 12.1. The molecule has 0 saturated carbocycles. The molecule has 1 aromatic heterocycles. The fraction of sp³-hybridized carbons (Fsp3) is 0.389. The van der Waals surface area contributed by atoms with Gasteiger partial charge in [-0.1, -0.05) is 6.07 Å². The van der Waals surface area contributed by atoms with Gasteiger partial charge >= 0.3 is 6.03 Å². The molecular weight excluding hydrogens is 318 g/mol. The van der Waals surface area contributed by atoms with Crippen LogP contribution in [0.15, 0.2) is 36.5 Å². The van der Waals surface area contributed by atoms with Crippen LogP contribution in [0, 0.1) is 0 Å². The van der Waals surface area contributed by atoms with Crippen molar-refractivity contribution in [2.45, 2.75) is 19.3 Å². The highest BCUT2D eigenvalue weighted by atomic mass is 16.2. The summed E-state index contributed by atoms with van der Waals surface area (Å²) in [5.41, 5.74) is 2.27. The molecule has 1 saturated heterocycles. The summed E-state index contributed by atoms with van der Waals surface area (Å²) >= 11 is 0. The molecule has 0 spiro atoms. The van der Waals surface area contributed by atoms with E-state index in [9.17, 15) is 9.59 Å². The van der Waals surface area contributed by atoms with E-state index in [0.29, 0.717) is 24.2 Å². The maximum absolute atomic E-state index is 12.4. The maximum Gasteiger partial charge on any atom is 0.319 e. The predicted octanol–water partition coefficient (Wildman–Crippen LogP) is 2.02. The lowest BCUT2D eigenvalue weighted by Crippen LogP contribution is -2.31. The van der Waals surface area contributed by atoms with Crippen LogP contribution >= 0.6 is 0 Å². The molecule has 1 aliphatic heterocycles. The minimum Gasteiger partial charge on any atom is -0.339 e. The van der Waals surface area contributed by atoms with E-state index in [1.807, 2.05) is 18.0 Å². The van der Waals surface area contributed by atoms with Crippen LogP contribution < -0.4 is 10.6 Å². The highest BCUT2D eigenvalue weighted by molar-refractivity contribution is 5.97. The van der Waals surface area contributed by atoms with Crippen LogP contribution in [-0.2, 0) is 13.5 Å². The van der Waals surface area contributed by atoms with Crippen molar-refractivity contribution >= 4 is 17.6 Å². The molecule has 1 aromatic carbocycles. The van der Waals surface area contributed by atoms with Crippen molar-refractivity contribution in [1.29, 1.82) is 0 Å². The second-order valence-electron chi connectivity index (χ2n) is 6.16. The van der Waals surface area contributed by atoms with E-state index in [0.717, 1.165) is 31.6 Å². The molecule has 7 nitrogen and oxygen atoms in total. The van der Waals surface area contributed by atoms with Gasteiger partial charge in [0.05, 0.1) is 0 Å². The number of nitrogens with zero attached hydrogens (tertiary/aromatic N) is 3. The van der Waals surface area contributed by atoms with Crippen LogP contribution in [-0.4, -0.2) is 46.3 Å². The van der Waals surface area contributed by atoms with E-state index in [-0.39, 0.29) is 11.9 Å².